The molecule has 0 fully saturated rings. The van der Waals surface area contributed by atoms with E-state index < -0.39 is 0 Å². The van der Waals surface area contributed by atoms with Gasteiger partial charge in [0.2, 0.25) is 5.91 Å². The molecule has 1 atom stereocenters. The molecule has 0 aliphatic heterocycles. The minimum atomic E-state index is -0.221. The summed E-state index contributed by atoms with van der Waals surface area (Å²) in [4.78, 5) is 24.3. The number of rotatable bonds is 9. The van der Waals surface area contributed by atoms with Gasteiger partial charge < -0.3 is 25.4 Å². The van der Waals surface area contributed by atoms with Crippen LogP contribution in [0.15, 0.2) is 42.5 Å². The predicted octanol–water partition coefficient (Wildman–Crippen LogP) is 3.28. The van der Waals surface area contributed by atoms with E-state index in [0.29, 0.717) is 28.4 Å². The van der Waals surface area contributed by atoms with Crippen LogP contribution in [0.3, 0.4) is 0 Å². The van der Waals surface area contributed by atoms with Gasteiger partial charge in [-0.15, -0.1) is 0 Å². The van der Waals surface area contributed by atoms with Crippen LogP contribution in [0.5, 0.6) is 11.5 Å². The van der Waals surface area contributed by atoms with Crippen molar-refractivity contribution in [3.05, 3.63) is 48.0 Å². The van der Waals surface area contributed by atoms with Gasteiger partial charge in [-0.1, -0.05) is 6.92 Å². The zero-order valence-electron chi connectivity index (χ0n) is 16.7. The average Bonchev–Trinajstić information content (AvgIpc) is 2.72. The second kappa shape index (κ2) is 10.2. The summed E-state index contributed by atoms with van der Waals surface area (Å²) in [5.74, 6) is 0.931. The van der Waals surface area contributed by atoms with Gasteiger partial charge in [0.05, 0.1) is 26.5 Å². The highest BCUT2D eigenvalue weighted by atomic mass is 16.5. The van der Waals surface area contributed by atoms with Crippen LogP contribution in [0.25, 0.3) is 0 Å². The van der Waals surface area contributed by atoms with Crippen molar-refractivity contribution in [2.24, 2.45) is 0 Å². The fourth-order valence-electron chi connectivity index (χ4n) is 2.45. The molecule has 2 aromatic rings. The van der Waals surface area contributed by atoms with Gasteiger partial charge in [-0.25, -0.2) is 0 Å². The zero-order chi connectivity index (χ0) is 20.5. The Morgan fingerprint density at radius 3 is 2.36 bits per heavy atom. The van der Waals surface area contributed by atoms with Crippen LogP contribution >= 0.6 is 0 Å². The molecule has 2 rings (SSSR count). The summed E-state index contributed by atoms with van der Waals surface area (Å²) in [6.07, 6.45) is 0.866. The Kier molecular flexibility index (Phi) is 7.68. The molecule has 0 aromatic heterocycles. The molecule has 0 aliphatic carbocycles. The molecule has 150 valence electrons. The van der Waals surface area contributed by atoms with E-state index in [1.807, 2.05) is 13.8 Å². The molecular formula is C21H27N3O4. The summed E-state index contributed by atoms with van der Waals surface area (Å²) in [6.45, 7) is 4.02. The summed E-state index contributed by atoms with van der Waals surface area (Å²) in [7, 11) is 3.14. The molecule has 3 N–H and O–H groups in total. The van der Waals surface area contributed by atoms with Gasteiger partial charge >= 0.3 is 0 Å². The van der Waals surface area contributed by atoms with Crippen molar-refractivity contribution >= 4 is 23.2 Å². The lowest BCUT2D eigenvalue weighted by molar-refractivity contribution is -0.114. The lowest BCUT2D eigenvalue weighted by atomic mass is 10.1. The maximum absolute atomic E-state index is 12.2. The minimum Gasteiger partial charge on any atom is -0.497 e. The molecule has 7 heteroatoms. The number of hydrogen-bond donors (Lipinski definition) is 3. The lowest BCUT2D eigenvalue weighted by Gasteiger charge is -2.13. The maximum Gasteiger partial charge on any atom is 0.251 e. The molecule has 2 amide bonds. The Morgan fingerprint density at radius 1 is 1.04 bits per heavy atom. The summed E-state index contributed by atoms with van der Waals surface area (Å²) in [5, 5.41) is 8.73. The van der Waals surface area contributed by atoms with Crippen LogP contribution in [0.2, 0.25) is 0 Å². The lowest BCUT2D eigenvalue weighted by Crippen LogP contribution is -2.31. The Morgan fingerprint density at radius 2 is 1.75 bits per heavy atom. The van der Waals surface area contributed by atoms with Crippen molar-refractivity contribution in [1.82, 2.24) is 5.32 Å². The number of methoxy groups -OCH3 is 2. The number of anilines is 2. The van der Waals surface area contributed by atoms with Crippen LogP contribution in [0.4, 0.5) is 11.4 Å². The summed E-state index contributed by atoms with van der Waals surface area (Å²) >= 11 is 0. The molecule has 0 aliphatic rings. The Labute approximate surface area is 165 Å². The molecule has 1 unspecified atom stereocenters. The van der Waals surface area contributed by atoms with Crippen LogP contribution < -0.4 is 25.4 Å². The van der Waals surface area contributed by atoms with E-state index in [0.717, 1.165) is 6.42 Å². The van der Waals surface area contributed by atoms with Crippen molar-refractivity contribution in [2.75, 3.05) is 31.4 Å². The largest absolute Gasteiger partial charge is 0.497 e. The third-order valence-electron chi connectivity index (χ3n) is 4.27. The summed E-state index contributed by atoms with van der Waals surface area (Å²) in [5.41, 5.74) is 1.83. The van der Waals surface area contributed by atoms with E-state index in [4.69, 9.17) is 9.47 Å². The fourth-order valence-corrected chi connectivity index (χ4v) is 2.45. The molecule has 0 bridgehead atoms. The topological polar surface area (TPSA) is 88.7 Å². The minimum absolute atomic E-state index is 0.0553. The summed E-state index contributed by atoms with van der Waals surface area (Å²) < 4.78 is 10.5. The summed E-state index contributed by atoms with van der Waals surface area (Å²) in [6, 6.07) is 12.2. The van der Waals surface area contributed by atoms with E-state index in [-0.39, 0.29) is 24.4 Å². The quantitative estimate of drug-likeness (QED) is 0.616. The van der Waals surface area contributed by atoms with E-state index in [1.54, 1.807) is 56.7 Å². The first-order valence-corrected chi connectivity index (χ1v) is 9.13. The molecule has 2 aromatic carbocycles. The normalized spacial score (nSPS) is 11.3. The third-order valence-corrected chi connectivity index (χ3v) is 4.27. The van der Waals surface area contributed by atoms with Gasteiger partial charge in [0.1, 0.15) is 11.5 Å². The smallest absolute Gasteiger partial charge is 0.251 e. The van der Waals surface area contributed by atoms with Crippen LogP contribution in [-0.2, 0) is 4.79 Å². The van der Waals surface area contributed by atoms with Crippen LogP contribution in [0, 0.1) is 0 Å². The van der Waals surface area contributed by atoms with Gasteiger partial charge in [-0.3, -0.25) is 9.59 Å². The van der Waals surface area contributed by atoms with E-state index >= 15 is 0 Å². The third kappa shape index (κ3) is 5.90. The van der Waals surface area contributed by atoms with Gasteiger partial charge in [-0.05, 0) is 49.7 Å². The molecule has 7 nitrogen and oxygen atoms in total. The highest BCUT2D eigenvalue weighted by Gasteiger charge is 2.10. The van der Waals surface area contributed by atoms with Crippen molar-refractivity contribution in [2.45, 2.75) is 26.3 Å². The van der Waals surface area contributed by atoms with Crippen molar-refractivity contribution in [3.63, 3.8) is 0 Å². The first-order valence-electron chi connectivity index (χ1n) is 9.13. The number of hydrogen-bond acceptors (Lipinski definition) is 5. The van der Waals surface area contributed by atoms with Crippen LogP contribution in [-0.4, -0.2) is 38.6 Å². The number of carbonyl (C=O) groups is 2. The second-order valence-electron chi connectivity index (χ2n) is 6.33. The van der Waals surface area contributed by atoms with Crippen molar-refractivity contribution in [1.29, 1.82) is 0 Å². The van der Waals surface area contributed by atoms with E-state index in [2.05, 4.69) is 16.0 Å². The number of benzene rings is 2. The van der Waals surface area contributed by atoms with Gasteiger partial charge in [-0.2, -0.15) is 0 Å². The molecule has 0 saturated carbocycles. The number of ether oxygens (including phenoxy) is 2. The SMILES string of the molecule is CCC(C)NC(=O)c1ccc(NC(=O)CNc2cc(OC)ccc2OC)cc1. The second-order valence-corrected chi connectivity index (χ2v) is 6.33. The molecule has 0 spiro atoms. The average molecular weight is 385 g/mol. The number of carbonyl (C=O) groups excluding carboxylic acids is 2. The predicted molar refractivity (Wildman–Crippen MR) is 110 cm³/mol. The van der Waals surface area contributed by atoms with Crippen molar-refractivity contribution < 1.29 is 19.1 Å². The van der Waals surface area contributed by atoms with Crippen LogP contribution in [0.1, 0.15) is 30.6 Å². The van der Waals surface area contributed by atoms with Gasteiger partial charge in [0.15, 0.2) is 0 Å². The van der Waals surface area contributed by atoms with Gasteiger partial charge in [0.25, 0.3) is 5.91 Å². The highest BCUT2D eigenvalue weighted by molar-refractivity contribution is 5.96. The van der Waals surface area contributed by atoms with E-state index in [9.17, 15) is 9.59 Å². The number of amides is 2. The Balaban J connectivity index is 1.92. The standard InChI is InChI=1S/C21H27N3O4/c1-5-14(2)23-21(26)15-6-8-16(9-7-15)24-20(25)13-22-18-12-17(27-3)10-11-19(18)28-4/h6-12,14,22H,5,13H2,1-4H3,(H,23,26)(H,24,25). The van der Waals surface area contributed by atoms with Gasteiger partial charge in [0, 0.05) is 23.4 Å². The maximum atomic E-state index is 12.2. The number of nitrogens with one attached hydrogen (secondary N) is 3. The Bertz CT molecular complexity index is 806. The zero-order valence-corrected chi connectivity index (χ0v) is 16.7. The highest BCUT2D eigenvalue weighted by Crippen LogP contribution is 2.28. The molecular weight excluding hydrogens is 358 g/mol. The monoisotopic (exact) mass is 385 g/mol. The molecule has 0 radical (unpaired) electrons. The molecule has 0 saturated heterocycles. The first-order chi connectivity index (χ1) is 13.5. The molecule has 0 heterocycles. The fraction of sp³-hybridized carbons (Fsp3) is 0.333. The van der Waals surface area contributed by atoms with E-state index in [1.165, 1.54) is 0 Å². The van der Waals surface area contributed by atoms with Crippen molar-refractivity contribution in [3.8, 4) is 11.5 Å². The first kappa shape index (κ1) is 21.1. The Hall–Kier alpha value is -3.22. The molecule has 28 heavy (non-hydrogen) atoms.